The lowest BCUT2D eigenvalue weighted by Gasteiger charge is -2.11. The van der Waals surface area contributed by atoms with Crippen LogP contribution in [0.1, 0.15) is 33.3 Å². The topological polar surface area (TPSA) is 86.2 Å². The minimum absolute atomic E-state index is 0.150. The van der Waals surface area contributed by atoms with Crippen molar-refractivity contribution in [3.63, 3.8) is 0 Å². The quantitative estimate of drug-likeness (QED) is 0.223. The molecule has 0 aliphatic rings. The zero-order valence-electron chi connectivity index (χ0n) is 18.1. The summed E-state index contributed by atoms with van der Waals surface area (Å²) in [5.74, 6) is 0.550. The smallest absolute Gasteiger partial charge is 0.353 e. The first-order chi connectivity index (χ1) is 15.5. The van der Waals surface area contributed by atoms with Crippen LogP contribution < -0.4 is 19.6 Å². The van der Waals surface area contributed by atoms with Gasteiger partial charge in [0.1, 0.15) is 10.6 Å². The van der Waals surface area contributed by atoms with Crippen LogP contribution >= 0.6 is 11.3 Å². The number of hydrazone groups is 1. The minimum atomic E-state index is -0.446. The van der Waals surface area contributed by atoms with Gasteiger partial charge in [-0.15, -0.1) is 11.3 Å². The van der Waals surface area contributed by atoms with Crippen molar-refractivity contribution >= 4 is 29.4 Å². The first-order valence-corrected chi connectivity index (χ1v) is 10.9. The van der Waals surface area contributed by atoms with E-state index in [9.17, 15) is 9.59 Å². The Kier molecular flexibility index (Phi) is 7.99. The molecule has 0 saturated heterocycles. The van der Waals surface area contributed by atoms with E-state index in [2.05, 4.69) is 10.5 Å². The molecule has 0 saturated carbocycles. The molecule has 1 N–H and O–H groups in total. The molecule has 0 aliphatic heterocycles. The van der Waals surface area contributed by atoms with Gasteiger partial charge in [-0.2, -0.15) is 5.10 Å². The largest absolute Gasteiger partial charge is 0.490 e. The van der Waals surface area contributed by atoms with Gasteiger partial charge in [0.25, 0.3) is 5.91 Å². The molecule has 7 nitrogen and oxygen atoms in total. The van der Waals surface area contributed by atoms with Crippen molar-refractivity contribution in [3.8, 4) is 17.2 Å². The maximum absolute atomic E-state index is 12.2. The van der Waals surface area contributed by atoms with Gasteiger partial charge in [0.05, 0.1) is 12.8 Å². The van der Waals surface area contributed by atoms with E-state index in [-0.39, 0.29) is 12.5 Å². The number of hydrogen-bond acceptors (Lipinski definition) is 7. The molecular weight excluding hydrogens is 428 g/mol. The fourth-order valence-electron chi connectivity index (χ4n) is 2.82. The van der Waals surface area contributed by atoms with E-state index in [4.69, 9.17) is 14.2 Å². The highest BCUT2D eigenvalue weighted by Gasteiger charge is 2.14. The van der Waals surface area contributed by atoms with E-state index >= 15 is 0 Å². The molecule has 0 radical (unpaired) electrons. The molecule has 0 fully saturated rings. The molecule has 166 valence electrons. The van der Waals surface area contributed by atoms with Gasteiger partial charge >= 0.3 is 5.97 Å². The standard InChI is InChI=1S/C24H24N2O5S/c1-4-29-21-13-18(8-10-20(21)31-24(28)22-6-5-11-32-22)14-25-26-23(27)15-30-19-9-7-16(2)12-17(19)3/h5-14H,4,15H2,1-3H3,(H,26,27)/b25-14+. The number of aryl methyl sites for hydroxylation is 2. The molecule has 32 heavy (non-hydrogen) atoms. The van der Waals surface area contributed by atoms with Gasteiger partial charge in [-0.3, -0.25) is 4.79 Å². The summed E-state index contributed by atoms with van der Waals surface area (Å²) >= 11 is 1.30. The first-order valence-electron chi connectivity index (χ1n) is 10.0. The summed E-state index contributed by atoms with van der Waals surface area (Å²) in [5.41, 5.74) is 5.19. The molecule has 3 aromatic rings. The lowest BCUT2D eigenvalue weighted by molar-refractivity contribution is -0.123. The van der Waals surface area contributed by atoms with Crippen LogP contribution in [0.4, 0.5) is 0 Å². The average molecular weight is 453 g/mol. The number of carbonyl (C=O) groups is 2. The monoisotopic (exact) mass is 452 g/mol. The van der Waals surface area contributed by atoms with E-state index in [0.717, 1.165) is 11.1 Å². The van der Waals surface area contributed by atoms with Crippen LogP contribution in [0.25, 0.3) is 0 Å². The number of nitrogens with one attached hydrogen (secondary N) is 1. The number of rotatable bonds is 9. The Bertz CT molecular complexity index is 1110. The number of hydrogen-bond donors (Lipinski definition) is 1. The SMILES string of the molecule is CCOc1cc(/C=N/NC(=O)COc2ccc(C)cc2C)ccc1OC(=O)c1cccs1. The maximum Gasteiger partial charge on any atom is 0.353 e. The Hall–Kier alpha value is -3.65. The van der Waals surface area contributed by atoms with Crippen LogP contribution in [0.15, 0.2) is 59.0 Å². The second kappa shape index (κ2) is 11.1. The average Bonchev–Trinajstić information content (AvgIpc) is 3.30. The van der Waals surface area contributed by atoms with E-state index in [1.807, 2.05) is 39.0 Å². The zero-order chi connectivity index (χ0) is 22.9. The number of carbonyl (C=O) groups excluding carboxylic acids is 2. The first kappa shape index (κ1) is 23.0. The summed E-state index contributed by atoms with van der Waals surface area (Å²) in [6.45, 7) is 6.01. The third-order valence-corrected chi connectivity index (χ3v) is 5.13. The van der Waals surface area contributed by atoms with Crippen LogP contribution in [0.5, 0.6) is 17.2 Å². The van der Waals surface area contributed by atoms with Crippen molar-refractivity contribution in [2.24, 2.45) is 5.10 Å². The molecule has 0 unspecified atom stereocenters. The second-order valence-electron chi connectivity index (χ2n) is 6.86. The normalized spacial score (nSPS) is 10.7. The third-order valence-electron chi connectivity index (χ3n) is 4.28. The van der Waals surface area contributed by atoms with Crippen molar-refractivity contribution in [2.45, 2.75) is 20.8 Å². The summed E-state index contributed by atoms with van der Waals surface area (Å²) in [7, 11) is 0. The predicted octanol–water partition coefficient (Wildman–Crippen LogP) is 4.51. The molecule has 1 heterocycles. The molecule has 3 rings (SSSR count). The van der Waals surface area contributed by atoms with Crippen LogP contribution in [0.2, 0.25) is 0 Å². The van der Waals surface area contributed by atoms with Crippen LogP contribution in [-0.4, -0.2) is 31.3 Å². The van der Waals surface area contributed by atoms with E-state index in [1.165, 1.54) is 17.6 Å². The highest BCUT2D eigenvalue weighted by atomic mass is 32.1. The van der Waals surface area contributed by atoms with Gasteiger partial charge in [0.15, 0.2) is 18.1 Å². The molecule has 0 bridgehead atoms. The van der Waals surface area contributed by atoms with E-state index < -0.39 is 5.97 Å². The van der Waals surface area contributed by atoms with E-state index in [0.29, 0.717) is 34.3 Å². The van der Waals surface area contributed by atoms with Crippen LogP contribution in [-0.2, 0) is 4.79 Å². The summed E-state index contributed by atoms with van der Waals surface area (Å²) in [4.78, 5) is 24.7. The molecule has 1 aromatic heterocycles. The number of benzene rings is 2. The highest BCUT2D eigenvalue weighted by molar-refractivity contribution is 7.12. The third kappa shape index (κ3) is 6.42. The van der Waals surface area contributed by atoms with Crippen LogP contribution in [0.3, 0.4) is 0 Å². The minimum Gasteiger partial charge on any atom is -0.490 e. The van der Waals surface area contributed by atoms with Crippen LogP contribution in [0, 0.1) is 13.8 Å². The predicted molar refractivity (Wildman–Crippen MR) is 124 cm³/mol. The molecule has 8 heteroatoms. The van der Waals surface area contributed by atoms with Gasteiger partial charge in [-0.05, 0) is 67.6 Å². The number of ether oxygens (including phenoxy) is 3. The summed E-state index contributed by atoms with van der Waals surface area (Å²) in [5, 5.41) is 5.76. The summed E-state index contributed by atoms with van der Waals surface area (Å²) < 4.78 is 16.6. The van der Waals surface area contributed by atoms with Gasteiger partial charge in [-0.25, -0.2) is 10.2 Å². The Morgan fingerprint density at radius 1 is 1.03 bits per heavy atom. The highest BCUT2D eigenvalue weighted by Crippen LogP contribution is 2.29. The summed E-state index contributed by atoms with van der Waals surface area (Å²) in [6.07, 6.45) is 1.47. The lowest BCUT2D eigenvalue weighted by atomic mass is 10.1. The van der Waals surface area contributed by atoms with Gasteiger partial charge < -0.3 is 14.2 Å². The Labute approximate surface area is 190 Å². The number of amides is 1. The van der Waals surface area contributed by atoms with Gasteiger partial charge in [-0.1, -0.05) is 23.8 Å². The fourth-order valence-corrected chi connectivity index (χ4v) is 3.42. The molecule has 0 aliphatic carbocycles. The molecule has 0 atom stereocenters. The Morgan fingerprint density at radius 3 is 2.56 bits per heavy atom. The lowest BCUT2D eigenvalue weighted by Crippen LogP contribution is -2.24. The molecule has 2 aromatic carbocycles. The molecule has 0 spiro atoms. The number of nitrogens with zero attached hydrogens (tertiary/aromatic N) is 1. The van der Waals surface area contributed by atoms with Crippen molar-refractivity contribution in [2.75, 3.05) is 13.2 Å². The van der Waals surface area contributed by atoms with Crippen molar-refractivity contribution in [1.82, 2.24) is 5.43 Å². The fraction of sp³-hybridized carbons (Fsp3) is 0.208. The Balaban J connectivity index is 1.58. The number of thiophene rings is 1. The number of esters is 1. The van der Waals surface area contributed by atoms with Crippen molar-refractivity contribution < 1.29 is 23.8 Å². The second-order valence-corrected chi connectivity index (χ2v) is 7.80. The van der Waals surface area contributed by atoms with Crippen molar-refractivity contribution in [1.29, 1.82) is 0 Å². The van der Waals surface area contributed by atoms with Crippen molar-refractivity contribution in [3.05, 3.63) is 75.5 Å². The zero-order valence-corrected chi connectivity index (χ0v) is 18.9. The molecular formula is C24H24N2O5S. The summed E-state index contributed by atoms with van der Waals surface area (Å²) in [6, 6.07) is 14.3. The molecule has 1 amide bonds. The van der Waals surface area contributed by atoms with E-state index in [1.54, 1.807) is 35.7 Å². The maximum atomic E-state index is 12.2. The van der Waals surface area contributed by atoms with Gasteiger partial charge in [0.2, 0.25) is 0 Å². The van der Waals surface area contributed by atoms with Gasteiger partial charge in [0, 0.05) is 0 Å². The Morgan fingerprint density at radius 2 is 1.84 bits per heavy atom.